The summed E-state index contributed by atoms with van der Waals surface area (Å²) in [5.74, 6) is 0.107. The maximum absolute atomic E-state index is 12.8. The van der Waals surface area contributed by atoms with Crippen molar-refractivity contribution in [2.24, 2.45) is 0 Å². The minimum atomic E-state index is -2.74. The van der Waals surface area contributed by atoms with Crippen molar-refractivity contribution in [3.63, 3.8) is 0 Å². The molecule has 30 heavy (non-hydrogen) atoms. The summed E-state index contributed by atoms with van der Waals surface area (Å²) in [6, 6.07) is 12.2. The van der Waals surface area contributed by atoms with E-state index in [4.69, 9.17) is 4.74 Å². The van der Waals surface area contributed by atoms with Crippen LogP contribution in [-0.4, -0.2) is 20.6 Å². The van der Waals surface area contributed by atoms with Crippen LogP contribution in [0.5, 0.6) is 11.5 Å². The maximum Gasteiger partial charge on any atom is 0.282 e. The zero-order valence-corrected chi connectivity index (χ0v) is 16.1. The molecule has 1 amide bonds. The molecule has 0 saturated heterocycles. The van der Waals surface area contributed by atoms with Crippen molar-refractivity contribution in [2.45, 2.75) is 26.8 Å². The molecule has 0 aliphatic carbocycles. The van der Waals surface area contributed by atoms with Crippen molar-refractivity contribution in [1.82, 2.24) is 9.78 Å². The Labute approximate surface area is 170 Å². The third-order valence-electron chi connectivity index (χ3n) is 4.22. The van der Waals surface area contributed by atoms with E-state index in [-0.39, 0.29) is 23.7 Å². The van der Waals surface area contributed by atoms with Gasteiger partial charge in [-0.2, -0.15) is 5.10 Å². The van der Waals surface area contributed by atoms with Gasteiger partial charge in [-0.1, -0.05) is 18.2 Å². The predicted molar refractivity (Wildman–Crippen MR) is 105 cm³/mol. The van der Waals surface area contributed by atoms with Gasteiger partial charge in [-0.3, -0.25) is 19.6 Å². The molecule has 0 aliphatic heterocycles. The molecule has 0 spiro atoms. The van der Waals surface area contributed by atoms with Crippen molar-refractivity contribution in [3.05, 3.63) is 75.6 Å². The van der Waals surface area contributed by atoms with Gasteiger partial charge in [-0.15, -0.1) is 0 Å². The third kappa shape index (κ3) is 4.96. The van der Waals surface area contributed by atoms with Crippen molar-refractivity contribution >= 4 is 17.3 Å². The average molecular weight is 416 g/mol. The van der Waals surface area contributed by atoms with Crippen LogP contribution in [0.1, 0.15) is 23.4 Å². The van der Waals surface area contributed by atoms with Crippen LogP contribution in [0.25, 0.3) is 0 Å². The number of hydrogen-bond donors (Lipinski definition) is 1. The highest BCUT2D eigenvalue weighted by molar-refractivity contribution is 5.91. The number of aromatic nitrogens is 2. The summed E-state index contributed by atoms with van der Waals surface area (Å²) in [5.41, 5.74) is 0.662. The maximum atomic E-state index is 12.8. The summed E-state index contributed by atoms with van der Waals surface area (Å²) >= 11 is 0. The molecule has 1 N–H and O–H groups in total. The van der Waals surface area contributed by atoms with E-state index < -0.39 is 22.9 Å². The lowest BCUT2D eigenvalue weighted by atomic mass is 10.2. The van der Waals surface area contributed by atoms with E-state index in [2.05, 4.69) is 10.4 Å². The molecule has 3 aromatic rings. The number of nitrogens with one attached hydrogen (secondary N) is 1. The molecule has 156 valence electrons. The smallest absolute Gasteiger partial charge is 0.282 e. The normalized spacial score (nSPS) is 10.8. The summed E-state index contributed by atoms with van der Waals surface area (Å²) in [6.07, 6.45) is -2.74. The second-order valence-corrected chi connectivity index (χ2v) is 6.56. The topological polar surface area (TPSA) is 99.3 Å². The lowest BCUT2D eigenvalue weighted by Gasteiger charge is -2.11. The SMILES string of the molecule is Cc1ccccc1Oc1cc(NC(=O)Cn2nc(C(F)F)cc2C)cc([N+](=O)[O-])c1. The Morgan fingerprint density at radius 3 is 2.60 bits per heavy atom. The number of aryl methyl sites for hydroxylation is 2. The van der Waals surface area contributed by atoms with E-state index in [0.717, 1.165) is 10.2 Å². The van der Waals surface area contributed by atoms with Gasteiger partial charge in [0.25, 0.3) is 12.1 Å². The first kappa shape index (κ1) is 20.9. The number of non-ortho nitro benzene ring substituents is 1. The Morgan fingerprint density at radius 2 is 1.97 bits per heavy atom. The summed E-state index contributed by atoms with van der Waals surface area (Å²) in [7, 11) is 0. The van der Waals surface area contributed by atoms with Gasteiger partial charge in [0.15, 0.2) is 0 Å². The molecule has 3 rings (SSSR count). The zero-order valence-electron chi connectivity index (χ0n) is 16.1. The number of rotatable bonds is 7. The fraction of sp³-hybridized carbons (Fsp3) is 0.200. The van der Waals surface area contributed by atoms with E-state index in [0.29, 0.717) is 11.4 Å². The standard InChI is InChI=1S/C20H18F2N4O4/c1-12-5-3-4-6-18(12)30-16-9-14(8-15(10-16)26(28)29)23-19(27)11-25-13(2)7-17(24-25)20(21)22/h3-10,20H,11H2,1-2H3,(H,23,27). The summed E-state index contributed by atoms with van der Waals surface area (Å²) in [5, 5.41) is 17.5. The molecule has 1 heterocycles. The fourth-order valence-corrected chi connectivity index (χ4v) is 2.76. The van der Waals surface area contributed by atoms with Crippen LogP contribution in [0.2, 0.25) is 0 Å². The molecule has 0 atom stereocenters. The van der Waals surface area contributed by atoms with E-state index >= 15 is 0 Å². The number of benzene rings is 2. The number of alkyl halides is 2. The fourth-order valence-electron chi connectivity index (χ4n) is 2.76. The first-order valence-corrected chi connectivity index (χ1v) is 8.88. The van der Waals surface area contributed by atoms with Gasteiger partial charge >= 0.3 is 0 Å². The van der Waals surface area contributed by atoms with Crippen LogP contribution in [0.15, 0.2) is 48.5 Å². The molecule has 10 heteroatoms. The molecule has 0 bridgehead atoms. The molecule has 0 radical (unpaired) electrons. The molecule has 0 fully saturated rings. The van der Waals surface area contributed by atoms with Gasteiger partial charge in [-0.25, -0.2) is 8.78 Å². The van der Waals surface area contributed by atoms with Crippen LogP contribution in [0.3, 0.4) is 0 Å². The number of nitro groups is 1. The van der Waals surface area contributed by atoms with Crippen LogP contribution in [0, 0.1) is 24.0 Å². The number of amides is 1. The quantitative estimate of drug-likeness (QED) is 0.442. The van der Waals surface area contributed by atoms with Crippen molar-refractivity contribution in [3.8, 4) is 11.5 Å². The van der Waals surface area contributed by atoms with Gasteiger partial charge in [0.2, 0.25) is 5.91 Å². The molecule has 2 aromatic carbocycles. The van der Waals surface area contributed by atoms with Crippen LogP contribution >= 0.6 is 0 Å². The summed E-state index contributed by atoms with van der Waals surface area (Å²) in [4.78, 5) is 23.0. The third-order valence-corrected chi connectivity index (χ3v) is 4.22. The van der Waals surface area contributed by atoms with E-state index in [1.54, 1.807) is 19.1 Å². The monoisotopic (exact) mass is 416 g/mol. The summed E-state index contributed by atoms with van der Waals surface area (Å²) in [6.45, 7) is 3.05. The van der Waals surface area contributed by atoms with E-state index in [9.17, 15) is 23.7 Å². The number of carbonyl (C=O) groups excluding carboxylic acids is 1. The molecule has 0 saturated carbocycles. The zero-order chi connectivity index (χ0) is 21.8. The average Bonchev–Trinajstić information content (AvgIpc) is 3.04. The number of hydrogen-bond acceptors (Lipinski definition) is 5. The van der Waals surface area contributed by atoms with Crippen molar-refractivity contribution < 1.29 is 23.2 Å². The number of para-hydroxylation sites is 1. The predicted octanol–water partition coefficient (Wildman–Crippen LogP) is 4.78. The van der Waals surface area contributed by atoms with Gasteiger partial charge in [0.05, 0.1) is 16.7 Å². The number of halogens is 2. The van der Waals surface area contributed by atoms with Crippen LogP contribution in [-0.2, 0) is 11.3 Å². The number of anilines is 1. The van der Waals surface area contributed by atoms with Crippen molar-refractivity contribution in [1.29, 1.82) is 0 Å². The van der Waals surface area contributed by atoms with E-state index in [1.807, 2.05) is 19.1 Å². The second-order valence-electron chi connectivity index (χ2n) is 6.56. The lowest BCUT2D eigenvalue weighted by molar-refractivity contribution is -0.384. The highest BCUT2D eigenvalue weighted by atomic mass is 19.3. The van der Waals surface area contributed by atoms with Gasteiger partial charge in [0.1, 0.15) is 23.7 Å². The first-order chi connectivity index (χ1) is 14.2. The highest BCUT2D eigenvalue weighted by Gasteiger charge is 2.17. The van der Waals surface area contributed by atoms with Gasteiger partial charge in [-0.05, 0) is 31.5 Å². The Bertz CT molecular complexity index is 1100. The highest BCUT2D eigenvalue weighted by Crippen LogP contribution is 2.31. The van der Waals surface area contributed by atoms with Gasteiger partial charge < -0.3 is 10.1 Å². The second kappa shape index (κ2) is 8.68. The molecular weight excluding hydrogens is 398 g/mol. The van der Waals surface area contributed by atoms with Gasteiger partial charge in [0, 0.05) is 17.8 Å². The molecule has 0 aliphatic rings. The lowest BCUT2D eigenvalue weighted by Crippen LogP contribution is -2.20. The van der Waals surface area contributed by atoms with E-state index in [1.165, 1.54) is 24.3 Å². The summed E-state index contributed by atoms with van der Waals surface area (Å²) < 4.78 is 32.4. The minimum absolute atomic E-state index is 0.136. The number of carbonyl (C=O) groups is 1. The molecule has 0 unspecified atom stereocenters. The minimum Gasteiger partial charge on any atom is -0.457 e. The number of nitro benzene ring substituents is 1. The Kier molecular flexibility index (Phi) is 6.05. The largest absolute Gasteiger partial charge is 0.457 e. The molecule has 1 aromatic heterocycles. The number of ether oxygens (including phenoxy) is 1. The molecule has 8 nitrogen and oxygen atoms in total. The van der Waals surface area contributed by atoms with Crippen molar-refractivity contribution in [2.75, 3.05) is 5.32 Å². The van der Waals surface area contributed by atoms with Crippen LogP contribution in [0.4, 0.5) is 20.2 Å². The molecular formula is C20H18F2N4O4. The number of nitrogens with zero attached hydrogens (tertiary/aromatic N) is 3. The Hall–Kier alpha value is -3.82. The first-order valence-electron chi connectivity index (χ1n) is 8.88. The Morgan fingerprint density at radius 1 is 1.23 bits per heavy atom. The van der Waals surface area contributed by atoms with Crippen LogP contribution < -0.4 is 10.1 Å². The Balaban J connectivity index is 1.81.